The van der Waals surface area contributed by atoms with Gasteiger partial charge in [-0.3, -0.25) is 4.90 Å². The molecule has 130 valence electrons. The third kappa shape index (κ3) is 3.00. The monoisotopic (exact) mass is 333 g/mol. The van der Waals surface area contributed by atoms with Crippen LogP contribution in [0.2, 0.25) is 0 Å². The van der Waals surface area contributed by atoms with E-state index in [1.54, 1.807) is 6.07 Å². The zero-order valence-electron chi connectivity index (χ0n) is 15.2. The molecule has 2 nitrogen and oxygen atoms in total. The summed E-state index contributed by atoms with van der Waals surface area (Å²) in [5.41, 5.74) is 4.22. The topological polar surface area (TPSA) is 23.5 Å². The summed E-state index contributed by atoms with van der Waals surface area (Å²) in [5, 5.41) is 9.92. The van der Waals surface area contributed by atoms with Crippen molar-refractivity contribution < 1.29 is 5.11 Å². The number of hydrogen-bond donors (Lipinski definition) is 1. The Morgan fingerprint density at radius 3 is 2.64 bits per heavy atom. The molecule has 4 rings (SSSR count). The van der Waals surface area contributed by atoms with Crippen LogP contribution in [0.1, 0.15) is 37.8 Å². The summed E-state index contributed by atoms with van der Waals surface area (Å²) in [5.74, 6) is 0.934. The highest BCUT2D eigenvalue weighted by molar-refractivity contribution is 5.67. The Labute approximate surface area is 150 Å². The van der Waals surface area contributed by atoms with Crippen LogP contribution in [0.5, 0.6) is 5.75 Å². The molecular weight excluding hydrogens is 306 g/mol. The van der Waals surface area contributed by atoms with Crippen LogP contribution in [-0.2, 0) is 5.41 Å². The molecule has 0 saturated carbocycles. The summed E-state index contributed by atoms with van der Waals surface area (Å²) in [6, 6.07) is 19.2. The summed E-state index contributed by atoms with van der Waals surface area (Å²) in [6.45, 7) is 6.90. The number of phenols is 1. The second kappa shape index (κ2) is 6.34. The van der Waals surface area contributed by atoms with Crippen LogP contribution in [-0.4, -0.2) is 29.1 Å². The molecule has 1 saturated heterocycles. The quantitative estimate of drug-likeness (QED) is 0.849. The van der Waals surface area contributed by atoms with Crippen molar-refractivity contribution in [3.8, 4) is 5.75 Å². The van der Waals surface area contributed by atoms with Crippen molar-refractivity contribution in [3.05, 3.63) is 71.8 Å². The summed E-state index contributed by atoms with van der Waals surface area (Å²) < 4.78 is 0. The van der Waals surface area contributed by atoms with Gasteiger partial charge in [0, 0.05) is 19.1 Å². The molecule has 2 aromatic rings. The third-order valence-corrected chi connectivity index (χ3v) is 6.43. The van der Waals surface area contributed by atoms with Gasteiger partial charge in [-0.15, -0.1) is 0 Å². The predicted molar refractivity (Wildman–Crippen MR) is 104 cm³/mol. The van der Waals surface area contributed by atoms with Gasteiger partial charge in [0.1, 0.15) is 5.75 Å². The molecular formula is C23H27NO. The Balaban J connectivity index is 1.59. The van der Waals surface area contributed by atoms with Crippen molar-refractivity contribution >= 4 is 5.57 Å². The smallest absolute Gasteiger partial charge is 0.115 e. The average molecular weight is 333 g/mol. The molecule has 2 aliphatic rings. The van der Waals surface area contributed by atoms with Crippen molar-refractivity contribution in [1.29, 1.82) is 0 Å². The lowest BCUT2D eigenvalue weighted by Gasteiger charge is -2.51. The first-order valence-electron chi connectivity index (χ1n) is 9.34. The van der Waals surface area contributed by atoms with Crippen molar-refractivity contribution in [1.82, 2.24) is 4.90 Å². The Morgan fingerprint density at radius 1 is 1.08 bits per heavy atom. The van der Waals surface area contributed by atoms with Gasteiger partial charge in [-0.05, 0) is 53.0 Å². The van der Waals surface area contributed by atoms with Gasteiger partial charge in [0.05, 0.1) is 0 Å². The molecule has 0 aliphatic carbocycles. The molecule has 1 fully saturated rings. The summed E-state index contributed by atoms with van der Waals surface area (Å²) in [7, 11) is 0. The first kappa shape index (κ1) is 16.4. The lowest BCUT2D eigenvalue weighted by molar-refractivity contribution is 0.0629. The van der Waals surface area contributed by atoms with Gasteiger partial charge in [0.2, 0.25) is 0 Å². The molecule has 25 heavy (non-hydrogen) atoms. The molecule has 3 atom stereocenters. The predicted octanol–water partition coefficient (Wildman–Crippen LogP) is 4.85. The number of piperidine rings is 1. The maximum absolute atomic E-state index is 9.92. The van der Waals surface area contributed by atoms with Crippen LogP contribution < -0.4 is 0 Å². The van der Waals surface area contributed by atoms with Crippen molar-refractivity contribution in [2.24, 2.45) is 5.92 Å². The van der Waals surface area contributed by atoms with E-state index >= 15 is 0 Å². The molecule has 2 heterocycles. The zero-order chi connectivity index (χ0) is 17.4. The van der Waals surface area contributed by atoms with Crippen molar-refractivity contribution in [3.63, 3.8) is 0 Å². The van der Waals surface area contributed by atoms with E-state index in [9.17, 15) is 5.11 Å². The number of aromatic hydroxyl groups is 1. The Kier molecular flexibility index (Phi) is 4.16. The first-order chi connectivity index (χ1) is 12.1. The molecule has 0 bridgehead atoms. The summed E-state index contributed by atoms with van der Waals surface area (Å²) >= 11 is 0. The zero-order valence-corrected chi connectivity index (χ0v) is 15.2. The molecule has 0 unspecified atom stereocenters. The van der Waals surface area contributed by atoms with E-state index in [-0.39, 0.29) is 5.41 Å². The normalized spacial score (nSPS) is 29.8. The highest BCUT2D eigenvalue weighted by Gasteiger charge is 2.43. The Hall–Kier alpha value is -2.06. The van der Waals surface area contributed by atoms with E-state index in [0.29, 0.717) is 17.7 Å². The summed E-state index contributed by atoms with van der Waals surface area (Å²) in [4.78, 5) is 2.66. The number of fused-ring (bicyclic) bond motifs is 1. The van der Waals surface area contributed by atoms with Gasteiger partial charge in [-0.25, -0.2) is 0 Å². The second-order valence-corrected chi connectivity index (χ2v) is 7.99. The number of benzene rings is 2. The third-order valence-electron chi connectivity index (χ3n) is 6.43. The van der Waals surface area contributed by atoms with Crippen LogP contribution in [0.15, 0.2) is 60.7 Å². The minimum absolute atomic E-state index is 0.123. The number of phenolic OH excluding ortho intramolecular Hbond substituents is 1. The van der Waals surface area contributed by atoms with Crippen molar-refractivity contribution in [2.75, 3.05) is 13.1 Å². The molecule has 0 aromatic heterocycles. The highest BCUT2D eigenvalue weighted by Crippen LogP contribution is 2.45. The number of rotatable bonds is 2. The van der Waals surface area contributed by atoms with Crippen LogP contribution in [0.4, 0.5) is 0 Å². The number of hydrogen-bond acceptors (Lipinski definition) is 2. The highest BCUT2D eigenvalue weighted by atomic mass is 16.3. The van der Waals surface area contributed by atoms with E-state index in [1.165, 1.54) is 16.7 Å². The van der Waals surface area contributed by atoms with E-state index in [0.717, 1.165) is 25.9 Å². The maximum atomic E-state index is 9.92. The summed E-state index contributed by atoms with van der Waals surface area (Å²) in [6.07, 6.45) is 4.71. The molecule has 0 amide bonds. The molecule has 0 spiro atoms. The fourth-order valence-corrected chi connectivity index (χ4v) is 4.63. The van der Waals surface area contributed by atoms with Gasteiger partial charge < -0.3 is 5.11 Å². The van der Waals surface area contributed by atoms with Gasteiger partial charge >= 0.3 is 0 Å². The van der Waals surface area contributed by atoms with E-state index in [4.69, 9.17) is 0 Å². The lowest BCUT2D eigenvalue weighted by atomic mass is 9.65. The van der Waals surface area contributed by atoms with Crippen LogP contribution in [0, 0.1) is 5.92 Å². The van der Waals surface area contributed by atoms with E-state index in [2.05, 4.69) is 61.2 Å². The molecule has 2 aromatic carbocycles. The van der Waals surface area contributed by atoms with Gasteiger partial charge in [0.25, 0.3) is 0 Å². The van der Waals surface area contributed by atoms with Crippen LogP contribution in [0.3, 0.4) is 0 Å². The minimum Gasteiger partial charge on any atom is -0.508 e. The van der Waals surface area contributed by atoms with Gasteiger partial charge in [0.15, 0.2) is 0 Å². The van der Waals surface area contributed by atoms with Gasteiger partial charge in [-0.2, -0.15) is 0 Å². The molecule has 2 heteroatoms. The van der Waals surface area contributed by atoms with Gasteiger partial charge in [-0.1, -0.05) is 62.4 Å². The molecule has 2 aliphatic heterocycles. The average Bonchev–Trinajstić information content (AvgIpc) is 2.63. The molecule has 1 N–H and O–H groups in total. The van der Waals surface area contributed by atoms with E-state index < -0.39 is 0 Å². The molecule has 0 radical (unpaired) electrons. The standard InChI is InChI=1S/C23H27NO/c1-17-15-24-16-19(18-7-4-3-5-8-18)11-12-21(24)14-23(17,2)20-9-6-10-22(25)13-20/h3-11,13,17,21,25H,12,14-16H2,1-2H3/t17-,21-,23+/m0/s1. The van der Waals surface area contributed by atoms with E-state index in [1.807, 2.05) is 12.1 Å². The fourth-order valence-electron chi connectivity index (χ4n) is 4.63. The minimum atomic E-state index is 0.123. The van der Waals surface area contributed by atoms with Crippen LogP contribution in [0.25, 0.3) is 5.57 Å². The first-order valence-corrected chi connectivity index (χ1v) is 9.34. The second-order valence-electron chi connectivity index (χ2n) is 7.99. The van der Waals surface area contributed by atoms with Crippen molar-refractivity contribution in [2.45, 2.75) is 38.1 Å². The lowest BCUT2D eigenvalue weighted by Crippen LogP contribution is -2.54. The fraction of sp³-hybridized carbons (Fsp3) is 0.391. The Bertz CT molecular complexity index is 782. The Morgan fingerprint density at radius 2 is 1.88 bits per heavy atom. The number of nitrogens with zero attached hydrogens (tertiary/aromatic N) is 1. The van der Waals surface area contributed by atoms with Crippen LogP contribution >= 0.6 is 0 Å². The SMILES string of the molecule is C[C@H]1CN2CC(c3ccccc3)=CC[C@H]2C[C@@]1(C)c1cccc(O)c1. The maximum Gasteiger partial charge on any atom is 0.115 e. The largest absolute Gasteiger partial charge is 0.508 e.